The Balaban J connectivity index is 1.41. The number of carbonyl (C=O) groups is 2. The molecule has 0 spiro atoms. The van der Waals surface area contributed by atoms with E-state index in [1.54, 1.807) is 79.9 Å². The van der Waals surface area contributed by atoms with Gasteiger partial charge in [0.05, 0.1) is 12.0 Å². The van der Waals surface area contributed by atoms with Gasteiger partial charge in [0.15, 0.2) is 0 Å². The van der Waals surface area contributed by atoms with E-state index >= 15 is 0 Å². The topological polar surface area (TPSA) is 114 Å². The van der Waals surface area contributed by atoms with E-state index in [9.17, 15) is 18.0 Å². The van der Waals surface area contributed by atoms with Crippen LogP contribution in [-0.4, -0.2) is 27.3 Å². The molecular weight excluding hydrogens is 558 g/mol. The third-order valence-electron chi connectivity index (χ3n) is 5.26. The van der Waals surface area contributed by atoms with Gasteiger partial charge in [-0.05, 0) is 91.0 Å². The lowest BCUT2D eigenvalue weighted by molar-refractivity contribution is 0.101. The molecule has 4 aromatic rings. The minimum atomic E-state index is -3.90. The molecular formula is C27H22BrN3O5S. The van der Waals surface area contributed by atoms with E-state index < -0.39 is 15.9 Å². The van der Waals surface area contributed by atoms with Crippen molar-refractivity contribution in [2.75, 3.05) is 22.5 Å². The number of anilines is 3. The van der Waals surface area contributed by atoms with E-state index in [-0.39, 0.29) is 16.4 Å². The molecule has 0 aromatic heterocycles. The minimum absolute atomic E-state index is 0.0476. The molecule has 4 rings (SSSR count). The van der Waals surface area contributed by atoms with Crippen molar-refractivity contribution in [1.29, 1.82) is 0 Å². The quantitative estimate of drug-likeness (QED) is 0.245. The molecule has 10 heteroatoms. The van der Waals surface area contributed by atoms with Crippen LogP contribution >= 0.6 is 15.9 Å². The SMILES string of the molecule is COc1ccc(NC(=O)c2ccc(NC(=O)c3cccc(S(=O)(=O)Nc4ccc(Br)cc4)c3)cc2)cc1. The predicted molar refractivity (Wildman–Crippen MR) is 147 cm³/mol. The monoisotopic (exact) mass is 579 g/mol. The van der Waals surface area contributed by atoms with Crippen LogP contribution in [0.5, 0.6) is 5.75 Å². The Bertz CT molecular complexity index is 1520. The lowest BCUT2D eigenvalue weighted by Crippen LogP contribution is -2.16. The third-order valence-corrected chi connectivity index (χ3v) is 7.16. The number of ether oxygens (including phenoxy) is 1. The summed E-state index contributed by atoms with van der Waals surface area (Å²) in [5.74, 6) is -0.113. The van der Waals surface area contributed by atoms with Crippen LogP contribution in [0.2, 0.25) is 0 Å². The first kappa shape index (κ1) is 25.9. The van der Waals surface area contributed by atoms with Crippen LogP contribution in [0.4, 0.5) is 17.1 Å². The van der Waals surface area contributed by atoms with Crippen LogP contribution in [0.1, 0.15) is 20.7 Å². The number of methoxy groups -OCH3 is 1. The molecule has 0 saturated carbocycles. The zero-order chi connectivity index (χ0) is 26.4. The summed E-state index contributed by atoms with van der Waals surface area (Å²) in [5, 5.41) is 5.51. The Labute approximate surface area is 222 Å². The van der Waals surface area contributed by atoms with Gasteiger partial charge in [-0.3, -0.25) is 14.3 Å². The van der Waals surface area contributed by atoms with E-state index in [0.29, 0.717) is 28.4 Å². The number of rotatable bonds is 8. The van der Waals surface area contributed by atoms with Crippen LogP contribution in [0.25, 0.3) is 0 Å². The molecule has 2 amide bonds. The Morgan fingerprint density at radius 2 is 1.24 bits per heavy atom. The molecule has 0 fully saturated rings. The molecule has 188 valence electrons. The van der Waals surface area contributed by atoms with Gasteiger partial charge in [-0.1, -0.05) is 22.0 Å². The van der Waals surface area contributed by atoms with E-state index in [2.05, 4.69) is 31.3 Å². The molecule has 0 unspecified atom stereocenters. The number of hydrogen-bond acceptors (Lipinski definition) is 5. The summed E-state index contributed by atoms with van der Waals surface area (Å²) in [6.07, 6.45) is 0. The second-order valence-corrected chi connectivity index (χ2v) is 10.5. The zero-order valence-corrected chi connectivity index (χ0v) is 22.0. The van der Waals surface area contributed by atoms with Crippen molar-refractivity contribution in [3.05, 3.63) is 113 Å². The van der Waals surface area contributed by atoms with E-state index in [1.807, 2.05) is 0 Å². The van der Waals surface area contributed by atoms with Gasteiger partial charge in [0, 0.05) is 32.7 Å². The number of benzene rings is 4. The molecule has 0 aliphatic rings. The highest BCUT2D eigenvalue weighted by atomic mass is 79.9. The molecule has 0 radical (unpaired) electrons. The number of hydrogen-bond donors (Lipinski definition) is 3. The van der Waals surface area contributed by atoms with Gasteiger partial charge < -0.3 is 15.4 Å². The Hall–Kier alpha value is -4.15. The van der Waals surface area contributed by atoms with Crippen LogP contribution < -0.4 is 20.1 Å². The van der Waals surface area contributed by atoms with Gasteiger partial charge in [0.25, 0.3) is 21.8 Å². The highest BCUT2D eigenvalue weighted by molar-refractivity contribution is 9.10. The number of nitrogens with one attached hydrogen (secondary N) is 3. The van der Waals surface area contributed by atoms with E-state index in [1.165, 1.54) is 24.3 Å². The fourth-order valence-corrected chi connectivity index (χ4v) is 4.69. The smallest absolute Gasteiger partial charge is 0.261 e. The Morgan fingerprint density at radius 1 is 0.703 bits per heavy atom. The summed E-state index contributed by atoms with van der Waals surface area (Å²) in [6.45, 7) is 0. The third kappa shape index (κ3) is 6.75. The van der Waals surface area contributed by atoms with E-state index in [4.69, 9.17) is 4.74 Å². The first-order chi connectivity index (χ1) is 17.7. The van der Waals surface area contributed by atoms with Crippen molar-refractivity contribution in [2.45, 2.75) is 4.90 Å². The fourth-order valence-electron chi connectivity index (χ4n) is 3.32. The predicted octanol–water partition coefficient (Wildman–Crippen LogP) is 5.76. The average molecular weight is 580 g/mol. The van der Waals surface area contributed by atoms with Gasteiger partial charge in [-0.25, -0.2) is 8.42 Å². The summed E-state index contributed by atoms with van der Waals surface area (Å²) in [6, 6.07) is 25.7. The first-order valence-electron chi connectivity index (χ1n) is 11.0. The largest absolute Gasteiger partial charge is 0.497 e. The second-order valence-electron chi connectivity index (χ2n) is 7.85. The van der Waals surface area contributed by atoms with Crippen molar-refractivity contribution in [3.63, 3.8) is 0 Å². The summed E-state index contributed by atoms with van der Waals surface area (Å²) < 4.78 is 34.0. The highest BCUT2D eigenvalue weighted by Gasteiger charge is 2.17. The summed E-state index contributed by atoms with van der Waals surface area (Å²) in [4.78, 5) is 25.2. The maximum atomic E-state index is 12.8. The maximum Gasteiger partial charge on any atom is 0.261 e. The van der Waals surface area contributed by atoms with Gasteiger partial charge in [-0.2, -0.15) is 0 Å². The molecule has 0 saturated heterocycles. The lowest BCUT2D eigenvalue weighted by atomic mass is 10.1. The highest BCUT2D eigenvalue weighted by Crippen LogP contribution is 2.21. The van der Waals surface area contributed by atoms with Crippen molar-refractivity contribution >= 4 is 54.8 Å². The maximum absolute atomic E-state index is 12.8. The van der Waals surface area contributed by atoms with Gasteiger partial charge in [0.2, 0.25) is 0 Å². The number of amides is 2. The average Bonchev–Trinajstić information content (AvgIpc) is 2.91. The van der Waals surface area contributed by atoms with Crippen LogP contribution in [0, 0.1) is 0 Å². The van der Waals surface area contributed by atoms with Crippen molar-refractivity contribution < 1.29 is 22.7 Å². The van der Waals surface area contributed by atoms with Crippen molar-refractivity contribution in [1.82, 2.24) is 0 Å². The zero-order valence-electron chi connectivity index (χ0n) is 19.6. The number of carbonyl (C=O) groups excluding carboxylic acids is 2. The number of halogens is 1. The molecule has 0 bridgehead atoms. The molecule has 3 N–H and O–H groups in total. The molecule has 0 heterocycles. The normalized spacial score (nSPS) is 10.9. The van der Waals surface area contributed by atoms with Crippen molar-refractivity contribution in [3.8, 4) is 5.75 Å². The molecule has 37 heavy (non-hydrogen) atoms. The van der Waals surface area contributed by atoms with Crippen molar-refractivity contribution in [2.24, 2.45) is 0 Å². The van der Waals surface area contributed by atoms with E-state index in [0.717, 1.165) is 4.47 Å². The summed E-state index contributed by atoms with van der Waals surface area (Å²) in [7, 11) is -2.33. The van der Waals surface area contributed by atoms with Gasteiger partial charge >= 0.3 is 0 Å². The molecule has 0 aliphatic heterocycles. The minimum Gasteiger partial charge on any atom is -0.497 e. The number of sulfonamides is 1. The standard InChI is InChI=1S/C27H22BrN3O5S/c1-36-24-15-13-22(14-16-24)29-26(32)18-5-9-21(10-6-18)30-27(33)19-3-2-4-25(17-19)37(34,35)31-23-11-7-20(28)8-12-23/h2-17,31H,1H3,(H,29,32)(H,30,33). The van der Waals surface area contributed by atoms with Crippen LogP contribution in [0.3, 0.4) is 0 Å². The second kappa shape index (κ2) is 11.3. The molecule has 0 aliphatic carbocycles. The fraction of sp³-hybridized carbons (Fsp3) is 0.0370. The molecule has 0 atom stereocenters. The van der Waals surface area contributed by atoms with Gasteiger partial charge in [-0.15, -0.1) is 0 Å². The first-order valence-corrected chi connectivity index (χ1v) is 13.3. The Kier molecular flexibility index (Phi) is 7.90. The summed E-state index contributed by atoms with van der Waals surface area (Å²) in [5.41, 5.74) is 2.04. The van der Waals surface area contributed by atoms with Gasteiger partial charge in [0.1, 0.15) is 5.75 Å². The Morgan fingerprint density at radius 3 is 1.84 bits per heavy atom. The molecule has 8 nitrogen and oxygen atoms in total. The van der Waals surface area contributed by atoms with Crippen LogP contribution in [-0.2, 0) is 10.0 Å². The summed E-state index contributed by atoms with van der Waals surface area (Å²) >= 11 is 3.31. The lowest BCUT2D eigenvalue weighted by Gasteiger charge is -2.10. The van der Waals surface area contributed by atoms with Crippen LogP contribution in [0.15, 0.2) is 106 Å². The molecule has 4 aromatic carbocycles.